The molecule has 0 saturated carbocycles. The van der Waals surface area contributed by atoms with Crippen LogP contribution in [0.15, 0.2) is 33.9 Å². The van der Waals surface area contributed by atoms with Crippen molar-refractivity contribution in [3.8, 4) is 11.5 Å². The second-order valence-electron chi connectivity index (χ2n) is 7.47. The first kappa shape index (κ1) is 20.9. The summed E-state index contributed by atoms with van der Waals surface area (Å²) in [6.45, 7) is 11.0. The zero-order valence-corrected chi connectivity index (χ0v) is 17.8. The minimum absolute atomic E-state index is 0.129. The predicted molar refractivity (Wildman–Crippen MR) is 112 cm³/mol. The van der Waals surface area contributed by atoms with Crippen molar-refractivity contribution in [2.75, 3.05) is 6.61 Å². The minimum atomic E-state index is -1.45. The first-order chi connectivity index (χ1) is 12.7. The second-order valence-corrected chi connectivity index (χ2v) is 12.2. The fourth-order valence-electron chi connectivity index (χ4n) is 2.75. The summed E-state index contributed by atoms with van der Waals surface area (Å²) in [7, 11) is -1.45. The highest BCUT2D eigenvalue weighted by molar-refractivity contribution is 6.83. The molecule has 5 nitrogen and oxygen atoms in total. The molecule has 27 heavy (non-hydrogen) atoms. The molecule has 144 valence electrons. The molecule has 0 amide bonds. The standard InChI is InChI=1S/C21H28N2O3Si/c1-6-18-19(23(15-26-7-2)21(25)22-20(18)24)14-17-10-8-9-16(13-17)11-12-27(3,4)5/h8-10,13H,6-7,14-15H2,1-5H3,(H,22,24,25). The second kappa shape index (κ2) is 9.02. The van der Waals surface area contributed by atoms with Gasteiger partial charge in [0.2, 0.25) is 0 Å². The Hall–Kier alpha value is -2.36. The molecule has 0 atom stereocenters. The van der Waals surface area contributed by atoms with Gasteiger partial charge in [-0.15, -0.1) is 5.54 Å². The number of H-pyrrole nitrogens is 1. The molecule has 2 rings (SSSR count). The van der Waals surface area contributed by atoms with Gasteiger partial charge in [0.05, 0.1) is 0 Å². The Balaban J connectivity index is 2.48. The lowest BCUT2D eigenvalue weighted by atomic mass is 10.0. The van der Waals surface area contributed by atoms with Crippen LogP contribution in [0.3, 0.4) is 0 Å². The molecular weight excluding hydrogens is 356 g/mol. The van der Waals surface area contributed by atoms with Crippen LogP contribution in [0.2, 0.25) is 19.6 Å². The van der Waals surface area contributed by atoms with Crippen LogP contribution in [0.25, 0.3) is 0 Å². The summed E-state index contributed by atoms with van der Waals surface area (Å²) in [6.07, 6.45) is 1.03. The molecule has 1 heterocycles. The number of hydrogen-bond donors (Lipinski definition) is 1. The highest BCUT2D eigenvalue weighted by Crippen LogP contribution is 2.13. The molecule has 0 fully saturated rings. The van der Waals surface area contributed by atoms with Crippen LogP contribution in [-0.2, 0) is 24.3 Å². The summed E-state index contributed by atoms with van der Waals surface area (Å²) in [5.74, 6) is 3.26. The number of rotatable bonds is 6. The lowest BCUT2D eigenvalue weighted by Crippen LogP contribution is -2.36. The maximum absolute atomic E-state index is 12.3. The van der Waals surface area contributed by atoms with E-state index in [0.717, 1.165) is 11.1 Å². The molecule has 1 N–H and O–H groups in total. The molecule has 6 heteroatoms. The predicted octanol–water partition coefficient (Wildman–Crippen LogP) is 2.91. The van der Waals surface area contributed by atoms with Gasteiger partial charge < -0.3 is 4.74 Å². The molecule has 1 aromatic heterocycles. The van der Waals surface area contributed by atoms with Crippen molar-refractivity contribution >= 4 is 8.07 Å². The number of hydrogen-bond acceptors (Lipinski definition) is 3. The van der Waals surface area contributed by atoms with Gasteiger partial charge in [0.1, 0.15) is 14.8 Å². The fourth-order valence-corrected chi connectivity index (χ4v) is 3.27. The quantitative estimate of drug-likeness (QED) is 0.615. The molecule has 2 aromatic rings. The average Bonchev–Trinajstić information content (AvgIpc) is 2.59. The van der Waals surface area contributed by atoms with E-state index in [2.05, 4.69) is 36.1 Å². The van der Waals surface area contributed by atoms with Crippen LogP contribution in [0.4, 0.5) is 0 Å². The van der Waals surface area contributed by atoms with Crippen molar-refractivity contribution in [2.45, 2.75) is 53.1 Å². The largest absolute Gasteiger partial charge is 0.361 e. The molecular formula is C21H28N2O3Si. The van der Waals surface area contributed by atoms with Crippen LogP contribution in [0, 0.1) is 11.5 Å². The van der Waals surface area contributed by atoms with E-state index >= 15 is 0 Å². The fraction of sp³-hybridized carbons (Fsp3) is 0.429. The van der Waals surface area contributed by atoms with Gasteiger partial charge in [0.15, 0.2) is 0 Å². The Bertz CT molecular complexity index is 972. The van der Waals surface area contributed by atoms with E-state index in [1.807, 2.05) is 38.1 Å². The molecule has 1 aromatic carbocycles. The van der Waals surface area contributed by atoms with Crippen molar-refractivity contribution in [3.05, 3.63) is 67.5 Å². The molecule has 0 saturated heterocycles. The van der Waals surface area contributed by atoms with Gasteiger partial charge in [-0.3, -0.25) is 14.3 Å². The minimum Gasteiger partial charge on any atom is -0.361 e. The smallest absolute Gasteiger partial charge is 0.330 e. The third-order valence-electron chi connectivity index (χ3n) is 4.07. The van der Waals surface area contributed by atoms with Crippen molar-refractivity contribution < 1.29 is 4.74 Å². The average molecular weight is 385 g/mol. The van der Waals surface area contributed by atoms with E-state index in [1.54, 1.807) is 0 Å². The molecule has 0 spiro atoms. The summed E-state index contributed by atoms with van der Waals surface area (Å²) in [5, 5.41) is 0. The highest BCUT2D eigenvalue weighted by Gasteiger charge is 2.14. The summed E-state index contributed by atoms with van der Waals surface area (Å²) >= 11 is 0. The number of ether oxygens (including phenoxy) is 1. The number of nitrogens with zero attached hydrogens (tertiary/aromatic N) is 1. The van der Waals surface area contributed by atoms with Gasteiger partial charge in [0, 0.05) is 29.8 Å². The van der Waals surface area contributed by atoms with E-state index in [0.29, 0.717) is 30.7 Å². The van der Waals surface area contributed by atoms with Crippen molar-refractivity contribution in [1.29, 1.82) is 0 Å². The van der Waals surface area contributed by atoms with Gasteiger partial charge in [0.25, 0.3) is 5.56 Å². The van der Waals surface area contributed by atoms with E-state index in [9.17, 15) is 9.59 Å². The van der Waals surface area contributed by atoms with Crippen LogP contribution >= 0.6 is 0 Å². The summed E-state index contributed by atoms with van der Waals surface area (Å²) in [4.78, 5) is 27.0. The molecule has 0 aliphatic carbocycles. The Kier molecular flexibility index (Phi) is 7.00. The Morgan fingerprint density at radius 2 is 1.93 bits per heavy atom. The molecule has 0 aliphatic rings. The third-order valence-corrected chi connectivity index (χ3v) is 4.95. The van der Waals surface area contributed by atoms with Crippen LogP contribution in [0.1, 0.15) is 36.2 Å². The molecule has 0 aliphatic heterocycles. The normalized spacial score (nSPS) is 11.1. The Morgan fingerprint density at radius 3 is 2.56 bits per heavy atom. The molecule has 0 radical (unpaired) electrons. The van der Waals surface area contributed by atoms with Gasteiger partial charge in [-0.2, -0.15) is 0 Å². The third kappa shape index (κ3) is 5.81. The number of benzene rings is 1. The molecule has 0 bridgehead atoms. The SMILES string of the molecule is CCOCn1c(Cc2cccc(C#C[Si](C)(C)C)c2)c(CC)c(=O)[nH]c1=O. The van der Waals surface area contributed by atoms with E-state index in [-0.39, 0.29) is 12.3 Å². The number of aromatic amines is 1. The monoisotopic (exact) mass is 384 g/mol. The zero-order chi connectivity index (χ0) is 20.0. The van der Waals surface area contributed by atoms with Crippen LogP contribution in [-0.4, -0.2) is 24.2 Å². The maximum atomic E-state index is 12.3. The summed E-state index contributed by atoms with van der Waals surface area (Å²) in [5.41, 5.74) is 5.91. The topological polar surface area (TPSA) is 64.1 Å². The van der Waals surface area contributed by atoms with Crippen molar-refractivity contribution in [2.24, 2.45) is 0 Å². The number of aromatic nitrogens is 2. The Morgan fingerprint density at radius 1 is 1.19 bits per heavy atom. The first-order valence-corrected chi connectivity index (χ1v) is 12.8. The van der Waals surface area contributed by atoms with E-state index in [1.165, 1.54) is 4.57 Å². The van der Waals surface area contributed by atoms with Crippen LogP contribution in [0.5, 0.6) is 0 Å². The van der Waals surface area contributed by atoms with Gasteiger partial charge in [-0.1, -0.05) is 44.6 Å². The van der Waals surface area contributed by atoms with E-state index in [4.69, 9.17) is 4.74 Å². The lowest BCUT2D eigenvalue weighted by Gasteiger charge is -2.15. The van der Waals surface area contributed by atoms with Gasteiger partial charge in [-0.05, 0) is 31.0 Å². The lowest BCUT2D eigenvalue weighted by molar-refractivity contribution is 0.0822. The van der Waals surface area contributed by atoms with E-state index < -0.39 is 13.8 Å². The summed E-state index contributed by atoms with van der Waals surface area (Å²) < 4.78 is 6.96. The zero-order valence-electron chi connectivity index (χ0n) is 16.8. The van der Waals surface area contributed by atoms with Gasteiger partial charge in [-0.25, -0.2) is 4.79 Å². The van der Waals surface area contributed by atoms with Crippen LogP contribution < -0.4 is 11.2 Å². The van der Waals surface area contributed by atoms with Crippen molar-refractivity contribution in [1.82, 2.24) is 9.55 Å². The number of nitrogens with one attached hydrogen (secondary N) is 1. The first-order valence-electron chi connectivity index (χ1n) is 9.30. The van der Waals surface area contributed by atoms with Crippen molar-refractivity contribution in [3.63, 3.8) is 0 Å². The highest BCUT2D eigenvalue weighted by atomic mass is 28.3. The van der Waals surface area contributed by atoms with Gasteiger partial charge >= 0.3 is 5.69 Å². The molecule has 0 unspecified atom stereocenters. The Labute approximate surface area is 161 Å². The maximum Gasteiger partial charge on any atom is 0.330 e. The summed E-state index contributed by atoms with van der Waals surface area (Å²) in [6, 6.07) is 7.98.